The molecule has 4 rings (SSSR count). The molecule has 1 N–H and O–H groups in total. The maximum absolute atomic E-state index is 11.8. The largest absolute Gasteiger partial charge is 0.294 e. The summed E-state index contributed by atoms with van der Waals surface area (Å²) in [6.45, 7) is 2.69. The van der Waals surface area contributed by atoms with Gasteiger partial charge in [0.25, 0.3) is 5.56 Å². The summed E-state index contributed by atoms with van der Waals surface area (Å²) in [6.07, 6.45) is 8.52. The van der Waals surface area contributed by atoms with Crippen LogP contribution in [0.3, 0.4) is 0 Å². The third kappa shape index (κ3) is 2.70. The maximum atomic E-state index is 11.8. The van der Waals surface area contributed by atoms with Gasteiger partial charge < -0.3 is 0 Å². The van der Waals surface area contributed by atoms with E-state index in [0.717, 1.165) is 19.5 Å². The molecule has 22 heavy (non-hydrogen) atoms. The standard InChI is InChI=1S/C16H21N5O/c22-15-4-1-7-18-21(15)11-14-3-2-8-20(14)10-13-9-17-19-16(13)12-5-6-12/h1,4,7,9,12,14H,2-3,5-6,8,10-11H2,(H,17,19). The van der Waals surface area contributed by atoms with Crippen molar-refractivity contribution in [1.29, 1.82) is 0 Å². The fourth-order valence-corrected chi connectivity index (χ4v) is 3.43. The Morgan fingerprint density at radius 3 is 3.05 bits per heavy atom. The number of hydrogen-bond acceptors (Lipinski definition) is 4. The molecule has 1 saturated carbocycles. The highest BCUT2D eigenvalue weighted by Gasteiger charge is 2.30. The lowest BCUT2D eigenvalue weighted by atomic mass is 10.1. The molecule has 2 fully saturated rings. The molecule has 2 aromatic heterocycles. The van der Waals surface area contributed by atoms with Gasteiger partial charge in [0.15, 0.2) is 0 Å². The van der Waals surface area contributed by atoms with Crippen molar-refractivity contribution >= 4 is 0 Å². The molecule has 0 aromatic carbocycles. The van der Waals surface area contributed by atoms with Crippen LogP contribution in [0.4, 0.5) is 0 Å². The number of nitrogens with zero attached hydrogens (tertiary/aromatic N) is 4. The third-order valence-electron chi connectivity index (χ3n) is 4.78. The molecule has 1 saturated heterocycles. The minimum Gasteiger partial charge on any atom is -0.294 e. The summed E-state index contributed by atoms with van der Waals surface area (Å²) in [6, 6.07) is 3.65. The zero-order valence-electron chi connectivity index (χ0n) is 12.6. The van der Waals surface area contributed by atoms with E-state index in [9.17, 15) is 4.79 Å². The van der Waals surface area contributed by atoms with Gasteiger partial charge in [-0.1, -0.05) is 0 Å². The summed E-state index contributed by atoms with van der Waals surface area (Å²) in [5.41, 5.74) is 2.62. The van der Waals surface area contributed by atoms with Gasteiger partial charge >= 0.3 is 0 Å². The van der Waals surface area contributed by atoms with Crippen LogP contribution in [0.2, 0.25) is 0 Å². The van der Waals surface area contributed by atoms with E-state index in [2.05, 4.69) is 20.2 Å². The summed E-state index contributed by atoms with van der Waals surface area (Å²) in [5.74, 6) is 0.692. The van der Waals surface area contributed by atoms with Crippen molar-refractivity contribution in [3.05, 3.63) is 46.1 Å². The SMILES string of the molecule is O=c1cccnn1CC1CCCN1Cc1cn[nH]c1C1CC1. The van der Waals surface area contributed by atoms with Gasteiger partial charge in [0.2, 0.25) is 0 Å². The quantitative estimate of drug-likeness (QED) is 0.909. The van der Waals surface area contributed by atoms with E-state index in [4.69, 9.17) is 0 Å². The van der Waals surface area contributed by atoms with Crippen LogP contribution in [0.1, 0.15) is 42.9 Å². The number of H-pyrrole nitrogens is 1. The Balaban J connectivity index is 1.48. The topological polar surface area (TPSA) is 66.8 Å². The monoisotopic (exact) mass is 299 g/mol. The Bertz CT molecular complexity index is 702. The molecule has 116 valence electrons. The van der Waals surface area contributed by atoms with Crippen LogP contribution in [0.5, 0.6) is 0 Å². The average Bonchev–Trinajstić information content (AvgIpc) is 3.11. The van der Waals surface area contributed by atoms with Gasteiger partial charge in [0.05, 0.1) is 12.7 Å². The van der Waals surface area contributed by atoms with E-state index in [1.807, 2.05) is 6.20 Å². The van der Waals surface area contributed by atoms with Crippen molar-refractivity contribution in [3.63, 3.8) is 0 Å². The number of likely N-dealkylation sites (tertiary alicyclic amines) is 1. The Kier molecular flexibility index (Phi) is 3.54. The number of rotatable bonds is 5. The lowest BCUT2D eigenvalue weighted by Crippen LogP contribution is -2.36. The lowest BCUT2D eigenvalue weighted by Gasteiger charge is -2.24. The van der Waals surface area contributed by atoms with E-state index < -0.39 is 0 Å². The van der Waals surface area contributed by atoms with Gasteiger partial charge in [0, 0.05) is 42.0 Å². The first-order valence-corrected chi connectivity index (χ1v) is 8.09. The molecule has 2 aliphatic rings. The second-order valence-corrected chi connectivity index (χ2v) is 6.39. The molecular formula is C16H21N5O. The third-order valence-corrected chi connectivity index (χ3v) is 4.78. The first-order valence-electron chi connectivity index (χ1n) is 8.09. The van der Waals surface area contributed by atoms with Crippen LogP contribution in [0.25, 0.3) is 0 Å². The van der Waals surface area contributed by atoms with E-state index in [1.165, 1.54) is 30.5 Å². The Morgan fingerprint density at radius 2 is 2.23 bits per heavy atom. The van der Waals surface area contributed by atoms with E-state index in [1.54, 1.807) is 23.0 Å². The van der Waals surface area contributed by atoms with Gasteiger partial charge in [-0.05, 0) is 38.3 Å². The Morgan fingerprint density at radius 1 is 1.32 bits per heavy atom. The Labute approximate surface area is 129 Å². The smallest absolute Gasteiger partial charge is 0.266 e. The first-order chi connectivity index (χ1) is 10.8. The van der Waals surface area contributed by atoms with Crippen molar-refractivity contribution in [3.8, 4) is 0 Å². The fraction of sp³-hybridized carbons (Fsp3) is 0.562. The molecule has 1 unspecified atom stereocenters. The second kappa shape index (κ2) is 5.68. The van der Waals surface area contributed by atoms with Crippen LogP contribution >= 0.6 is 0 Å². The lowest BCUT2D eigenvalue weighted by molar-refractivity contribution is 0.216. The molecule has 1 aliphatic carbocycles. The van der Waals surface area contributed by atoms with Crippen molar-refractivity contribution < 1.29 is 0 Å². The van der Waals surface area contributed by atoms with Crippen molar-refractivity contribution in [2.45, 2.75) is 50.7 Å². The minimum atomic E-state index is -0.0173. The van der Waals surface area contributed by atoms with E-state index in [0.29, 0.717) is 18.5 Å². The zero-order valence-corrected chi connectivity index (χ0v) is 12.6. The van der Waals surface area contributed by atoms with Crippen LogP contribution in [0.15, 0.2) is 29.3 Å². The average molecular weight is 299 g/mol. The second-order valence-electron chi connectivity index (χ2n) is 6.39. The van der Waals surface area contributed by atoms with Crippen LogP contribution in [0, 0.1) is 0 Å². The number of aromatic amines is 1. The molecule has 1 atom stereocenters. The molecule has 2 aromatic rings. The van der Waals surface area contributed by atoms with Crippen molar-refractivity contribution in [1.82, 2.24) is 24.9 Å². The summed E-state index contributed by atoms with van der Waals surface area (Å²) >= 11 is 0. The van der Waals surface area contributed by atoms with Gasteiger partial charge in [0.1, 0.15) is 0 Å². The van der Waals surface area contributed by atoms with Gasteiger partial charge in [-0.3, -0.25) is 14.8 Å². The van der Waals surface area contributed by atoms with Crippen LogP contribution in [-0.4, -0.2) is 37.5 Å². The summed E-state index contributed by atoms with van der Waals surface area (Å²) in [4.78, 5) is 14.3. The maximum Gasteiger partial charge on any atom is 0.266 e. The highest BCUT2D eigenvalue weighted by Crippen LogP contribution is 2.40. The molecule has 0 spiro atoms. The molecule has 6 nitrogen and oxygen atoms in total. The first kappa shape index (κ1) is 13.7. The van der Waals surface area contributed by atoms with E-state index in [-0.39, 0.29) is 5.56 Å². The zero-order chi connectivity index (χ0) is 14.9. The van der Waals surface area contributed by atoms with Crippen LogP contribution in [-0.2, 0) is 13.1 Å². The Hall–Kier alpha value is -1.95. The fourth-order valence-electron chi connectivity index (χ4n) is 3.43. The van der Waals surface area contributed by atoms with Crippen molar-refractivity contribution in [2.75, 3.05) is 6.54 Å². The highest BCUT2D eigenvalue weighted by molar-refractivity contribution is 5.24. The molecule has 0 amide bonds. The number of nitrogens with one attached hydrogen (secondary N) is 1. The van der Waals surface area contributed by atoms with Gasteiger partial charge in [-0.25, -0.2) is 4.68 Å². The summed E-state index contributed by atoms with van der Waals surface area (Å²) < 4.78 is 1.58. The van der Waals surface area contributed by atoms with Gasteiger partial charge in [-0.15, -0.1) is 0 Å². The van der Waals surface area contributed by atoms with Crippen molar-refractivity contribution in [2.24, 2.45) is 0 Å². The number of aromatic nitrogens is 4. The molecule has 3 heterocycles. The highest BCUT2D eigenvalue weighted by atomic mass is 16.1. The molecule has 0 bridgehead atoms. The molecule has 1 aliphatic heterocycles. The predicted octanol–water partition coefficient (Wildman–Crippen LogP) is 1.51. The normalized spacial score (nSPS) is 22.3. The summed E-state index contributed by atoms with van der Waals surface area (Å²) in [7, 11) is 0. The summed E-state index contributed by atoms with van der Waals surface area (Å²) in [5, 5.41) is 11.6. The molecule has 6 heteroatoms. The minimum absolute atomic E-state index is 0.0173. The molecule has 0 radical (unpaired) electrons. The van der Waals surface area contributed by atoms with Gasteiger partial charge in [-0.2, -0.15) is 10.2 Å². The predicted molar refractivity (Wildman–Crippen MR) is 82.5 cm³/mol. The molecular weight excluding hydrogens is 278 g/mol. The number of hydrogen-bond donors (Lipinski definition) is 1. The van der Waals surface area contributed by atoms with Crippen LogP contribution < -0.4 is 5.56 Å². The van der Waals surface area contributed by atoms with E-state index >= 15 is 0 Å².